The monoisotopic (exact) mass is 211 g/mol. The number of ketones is 1. The summed E-state index contributed by atoms with van der Waals surface area (Å²) < 4.78 is 12.8. The fraction of sp³-hybridized carbons (Fsp3) is 0.300. The summed E-state index contributed by atoms with van der Waals surface area (Å²) in [6.45, 7) is 2.90. The summed E-state index contributed by atoms with van der Waals surface area (Å²) in [5, 5.41) is 10.6. The van der Waals surface area contributed by atoms with Crippen molar-refractivity contribution in [2.45, 2.75) is 19.8 Å². The number of nitrogens with zero attached hydrogens (tertiary/aromatic N) is 1. The Hall–Kier alpha value is -1.78. The molecule has 0 fully saturated rings. The Labute approximate surface area is 85.9 Å². The Morgan fingerprint density at radius 2 is 2.13 bits per heavy atom. The molecule has 5 heteroatoms. The summed E-state index contributed by atoms with van der Waals surface area (Å²) in [4.78, 5) is 21.0. The predicted molar refractivity (Wildman–Crippen MR) is 52.2 cm³/mol. The first-order chi connectivity index (χ1) is 6.93. The van der Waals surface area contributed by atoms with Gasteiger partial charge in [0.1, 0.15) is 11.6 Å². The summed E-state index contributed by atoms with van der Waals surface area (Å²) in [6.07, 6.45) is 0. The molecule has 4 nitrogen and oxygen atoms in total. The highest BCUT2D eigenvalue weighted by atomic mass is 19.1. The number of nitro benzene ring substituents is 1. The zero-order chi connectivity index (χ0) is 11.6. The minimum Gasteiger partial charge on any atom is -0.299 e. The van der Waals surface area contributed by atoms with E-state index in [1.54, 1.807) is 6.92 Å². The Morgan fingerprint density at radius 1 is 1.53 bits per heavy atom. The summed E-state index contributed by atoms with van der Waals surface area (Å²) in [6, 6.07) is 3.22. The molecule has 1 aromatic carbocycles. The van der Waals surface area contributed by atoms with Crippen LogP contribution >= 0.6 is 0 Å². The highest BCUT2D eigenvalue weighted by Crippen LogP contribution is 2.27. The van der Waals surface area contributed by atoms with Gasteiger partial charge < -0.3 is 0 Å². The topological polar surface area (TPSA) is 60.2 Å². The van der Waals surface area contributed by atoms with Gasteiger partial charge in [-0.3, -0.25) is 14.9 Å². The van der Waals surface area contributed by atoms with Gasteiger partial charge in [0, 0.05) is 11.5 Å². The minimum absolute atomic E-state index is 0.190. The lowest BCUT2D eigenvalue weighted by Gasteiger charge is -2.08. The maximum Gasteiger partial charge on any atom is 0.276 e. The molecule has 0 aliphatic rings. The average Bonchev–Trinajstić information content (AvgIpc) is 2.16. The lowest BCUT2D eigenvalue weighted by atomic mass is 9.96. The van der Waals surface area contributed by atoms with Crippen LogP contribution in [0.25, 0.3) is 0 Å². The largest absolute Gasteiger partial charge is 0.299 e. The van der Waals surface area contributed by atoms with Crippen molar-refractivity contribution in [1.29, 1.82) is 0 Å². The van der Waals surface area contributed by atoms with Crippen LogP contribution in [-0.2, 0) is 4.79 Å². The molecule has 0 aliphatic carbocycles. The standard InChI is InChI=1S/C10H10FNO3/c1-6(7(2)13)9-4-3-8(11)5-10(9)12(14)15/h3-6H,1-2H3. The molecule has 0 amide bonds. The summed E-state index contributed by atoms with van der Waals surface area (Å²) in [5.41, 5.74) is -0.105. The maximum absolute atomic E-state index is 12.8. The van der Waals surface area contributed by atoms with Gasteiger partial charge >= 0.3 is 0 Å². The first-order valence-electron chi connectivity index (χ1n) is 4.37. The van der Waals surface area contributed by atoms with Gasteiger partial charge in [-0.25, -0.2) is 4.39 Å². The molecule has 0 N–H and O–H groups in total. The van der Waals surface area contributed by atoms with E-state index in [0.29, 0.717) is 0 Å². The van der Waals surface area contributed by atoms with Gasteiger partial charge in [0.05, 0.1) is 11.0 Å². The van der Waals surface area contributed by atoms with Gasteiger partial charge in [-0.05, 0) is 19.1 Å². The molecule has 1 unspecified atom stereocenters. The van der Waals surface area contributed by atoms with Crippen LogP contribution in [0, 0.1) is 15.9 Å². The second-order valence-electron chi connectivity index (χ2n) is 3.29. The number of hydrogen-bond acceptors (Lipinski definition) is 3. The quantitative estimate of drug-likeness (QED) is 0.569. The molecule has 1 atom stereocenters. The number of carbonyl (C=O) groups is 1. The molecule has 0 aliphatic heterocycles. The van der Waals surface area contributed by atoms with Gasteiger partial charge in [-0.2, -0.15) is 0 Å². The third-order valence-corrected chi connectivity index (χ3v) is 2.27. The van der Waals surface area contributed by atoms with Gasteiger partial charge in [0.15, 0.2) is 0 Å². The molecular weight excluding hydrogens is 201 g/mol. The molecule has 0 aromatic heterocycles. The van der Waals surface area contributed by atoms with E-state index < -0.39 is 16.7 Å². The molecule has 1 rings (SSSR count). The van der Waals surface area contributed by atoms with E-state index in [-0.39, 0.29) is 17.0 Å². The van der Waals surface area contributed by atoms with Gasteiger partial charge in [0.2, 0.25) is 0 Å². The second-order valence-corrected chi connectivity index (χ2v) is 3.29. The van der Waals surface area contributed by atoms with Crippen LogP contribution in [0.2, 0.25) is 0 Å². The smallest absolute Gasteiger partial charge is 0.276 e. The van der Waals surface area contributed by atoms with E-state index in [4.69, 9.17) is 0 Å². The Balaban J connectivity index is 3.28. The SMILES string of the molecule is CC(=O)C(C)c1ccc(F)cc1[N+](=O)[O-]. The molecule has 0 spiro atoms. The molecule has 0 bridgehead atoms. The fourth-order valence-corrected chi connectivity index (χ4v) is 1.26. The van der Waals surface area contributed by atoms with Crippen molar-refractivity contribution in [2.24, 2.45) is 0 Å². The number of nitro groups is 1. The number of hydrogen-bond donors (Lipinski definition) is 0. The van der Waals surface area contributed by atoms with Crippen molar-refractivity contribution < 1.29 is 14.1 Å². The Kier molecular flexibility index (Phi) is 3.14. The van der Waals surface area contributed by atoms with Crippen molar-refractivity contribution in [3.63, 3.8) is 0 Å². The second kappa shape index (κ2) is 4.16. The van der Waals surface area contributed by atoms with Crippen molar-refractivity contribution in [2.75, 3.05) is 0 Å². The van der Waals surface area contributed by atoms with E-state index in [1.165, 1.54) is 13.0 Å². The zero-order valence-electron chi connectivity index (χ0n) is 8.36. The molecule has 0 radical (unpaired) electrons. The summed E-state index contributed by atoms with van der Waals surface area (Å²) in [5.74, 6) is -1.46. The van der Waals surface area contributed by atoms with Crippen LogP contribution in [-0.4, -0.2) is 10.7 Å². The molecule has 1 aromatic rings. The highest BCUT2D eigenvalue weighted by molar-refractivity contribution is 5.84. The van der Waals surface area contributed by atoms with Crippen LogP contribution in [0.15, 0.2) is 18.2 Å². The molecule has 0 saturated carbocycles. The zero-order valence-corrected chi connectivity index (χ0v) is 8.36. The van der Waals surface area contributed by atoms with Crippen molar-refractivity contribution >= 4 is 11.5 Å². The van der Waals surface area contributed by atoms with E-state index in [1.807, 2.05) is 0 Å². The van der Waals surface area contributed by atoms with E-state index >= 15 is 0 Å². The fourth-order valence-electron chi connectivity index (χ4n) is 1.26. The van der Waals surface area contributed by atoms with Gasteiger partial charge in [-0.1, -0.05) is 6.92 Å². The molecule has 15 heavy (non-hydrogen) atoms. The first-order valence-corrected chi connectivity index (χ1v) is 4.37. The number of carbonyl (C=O) groups excluding carboxylic acids is 1. The third kappa shape index (κ3) is 2.37. The average molecular weight is 211 g/mol. The molecule has 0 saturated heterocycles. The summed E-state index contributed by atoms with van der Waals surface area (Å²) >= 11 is 0. The predicted octanol–water partition coefficient (Wildman–Crippen LogP) is 2.43. The van der Waals surface area contributed by atoms with Crippen molar-refractivity contribution in [3.8, 4) is 0 Å². The van der Waals surface area contributed by atoms with Crippen molar-refractivity contribution in [3.05, 3.63) is 39.7 Å². The molecular formula is C10H10FNO3. The number of rotatable bonds is 3. The van der Waals surface area contributed by atoms with Crippen molar-refractivity contribution in [1.82, 2.24) is 0 Å². The molecule has 0 heterocycles. The van der Waals surface area contributed by atoms with Gasteiger partial charge in [0.25, 0.3) is 5.69 Å². The van der Waals surface area contributed by atoms with Crippen LogP contribution in [0.3, 0.4) is 0 Å². The Morgan fingerprint density at radius 3 is 2.60 bits per heavy atom. The lowest BCUT2D eigenvalue weighted by molar-refractivity contribution is -0.385. The van der Waals surface area contributed by atoms with Crippen LogP contribution in [0.4, 0.5) is 10.1 Å². The maximum atomic E-state index is 12.8. The van der Waals surface area contributed by atoms with E-state index in [0.717, 1.165) is 12.1 Å². The van der Waals surface area contributed by atoms with E-state index in [2.05, 4.69) is 0 Å². The highest BCUT2D eigenvalue weighted by Gasteiger charge is 2.22. The normalized spacial score (nSPS) is 12.2. The summed E-state index contributed by atoms with van der Waals surface area (Å²) in [7, 11) is 0. The first kappa shape index (κ1) is 11.3. The van der Waals surface area contributed by atoms with E-state index in [9.17, 15) is 19.3 Å². The number of Topliss-reactive ketones (excluding diaryl/α,β-unsaturated/α-hetero) is 1. The van der Waals surface area contributed by atoms with Crippen LogP contribution < -0.4 is 0 Å². The number of benzene rings is 1. The lowest BCUT2D eigenvalue weighted by Crippen LogP contribution is -2.07. The third-order valence-electron chi connectivity index (χ3n) is 2.27. The Bertz CT molecular complexity index is 417. The number of halogens is 1. The van der Waals surface area contributed by atoms with Crippen LogP contribution in [0.1, 0.15) is 25.3 Å². The van der Waals surface area contributed by atoms with Crippen LogP contribution in [0.5, 0.6) is 0 Å². The molecule has 80 valence electrons. The van der Waals surface area contributed by atoms with Gasteiger partial charge in [-0.15, -0.1) is 0 Å². The minimum atomic E-state index is -0.683.